The van der Waals surface area contributed by atoms with Crippen LogP contribution in [0.25, 0.3) is 0 Å². The molecule has 0 spiro atoms. The molecule has 0 radical (unpaired) electrons. The molecule has 0 aromatic rings. The fourth-order valence-electron chi connectivity index (χ4n) is 2.41. The van der Waals surface area contributed by atoms with E-state index in [4.69, 9.17) is 4.74 Å². The van der Waals surface area contributed by atoms with E-state index in [9.17, 15) is 13.2 Å². The van der Waals surface area contributed by atoms with Gasteiger partial charge in [-0.2, -0.15) is 13.2 Å². The number of hydrogen-bond acceptors (Lipinski definition) is 3. The van der Waals surface area contributed by atoms with Gasteiger partial charge in [-0.3, -0.25) is 9.89 Å². The Kier molecular flexibility index (Phi) is 12.7. The average molecular weight is 368 g/mol. The van der Waals surface area contributed by atoms with Gasteiger partial charge in [-0.1, -0.05) is 13.8 Å². The van der Waals surface area contributed by atoms with Crippen molar-refractivity contribution < 1.29 is 17.9 Å². The first kappa shape index (κ1) is 24.0. The third-order valence-electron chi connectivity index (χ3n) is 3.61. The highest BCUT2D eigenvalue weighted by molar-refractivity contribution is 5.79. The predicted octanol–water partition coefficient (Wildman–Crippen LogP) is 2.88. The fourth-order valence-corrected chi connectivity index (χ4v) is 2.41. The molecule has 0 saturated carbocycles. The van der Waals surface area contributed by atoms with E-state index in [1.807, 2.05) is 13.8 Å². The smallest absolute Gasteiger partial charge is 0.378 e. The largest absolute Gasteiger partial charge is 0.401 e. The Bertz CT molecular complexity index is 362. The number of nitrogens with zero attached hydrogens (tertiary/aromatic N) is 2. The van der Waals surface area contributed by atoms with Crippen molar-refractivity contribution in [1.82, 2.24) is 15.5 Å². The number of guanidine groups is 1. The number of ether oxygens (including phenoxy) is 1. The Morgan fingerprint density at radius 3 is 2.40 bits per heavy atom. The molecule has 0 aliphatic rings. The second kappa shape index (κ2) is 13.2. The van der Waals surface area contributed by atoms with Crippen LogP contribution in [0.4, 0.5) is 13.2 Å². The van der Waals surface area contributed by atoms with Crippen molar-refractivity contribution in [2.75, 3.05) is 46.4 Å². The van der Waals surface area contributed by atoms with Crippen LogP contribution in [0.5, 0.6) is 0 Å². The molecule has 1 atom stereocenters. The Hall–Kier alpha value is -1.02. The van der Waals surface area contributed by atoms with E-state index < -0.39 is 12.7 Å². The number of rotatable bonds is 12. The summed E-state index contributed by atoms with van der Waals surface area (Å²) >= 11 is 0. The van der Waals surface area contributed by atoms with E-state index >= 15 is 0 Å². The maximum absolute atomic E-state index is 12.3. The summed E-state index contributed by atoms with van der Waals surface area (Å²) in [5, 5.41) is 6.40. The van der Waals surface area contributed by atoms with E-state index in [-0.39, 0.29) is 6.10 Å². The number of nitrogens with one attached hydrogen (secondary N) is 2. The second-order valence-corrected chi connectivity index (χ2v) is 6.42. The molecular weight excluding hydrogens is 333 g/mol. The Balaban J connectivity index is 4.19. The van der Waals surface area contributed by atoms with Crippen molar-refractivity contribution in [3.05, 3.63) is 0 Å². The summed E-state index contributed by atoms with van der Waals surface area (Å²) in [6.45, 7) is 10.4. The summed E-state index contributed by atoms with van der Waals surface area (Å²) in [5.41, 5.74) is 0. The summed E-state index contributed by atoms with van der Waals surface area (Å²) in [7, 11) is 1.47. The minimum atomic E-state index is -4.15. The van der Waals surface area contributed by atoms with Gasteiger partial charge in [-0.25, -0.2) is 0 Å². The van der Waals surface area contributed by atoms with Gasteiger partial charge in [0.15, 0.2) is 5.96 Å². The van der Waals surface area contributed by atoms with Crippen molar-refractivity contribution >= 4 is 5.96 Å². The highest BCUT2D eigenvalue weighted by Gasteiger charge is 2.28. The zero-order chi connectivity index (χ0) is 19.3. The van der Waals surface area contributed by atoms with Gasteiger partial charge in [-0.05, 0) is 46.2 Å². The Morgan fingerprint density at radius 2 is 1.88 bits per heavy atom. The van der Waals surface area contributed by atoms with Crippen LogP contribution in [0, 0.1) is 5.92 Å². The van der Waals surface area contributed by atoms with Gasteiger partial charge in [0.05, 0.1) is 12.6 Å². The van der Waals surface area contributed by atoms with Crippen molar-refractivity contribution in [3.63, 3.8) is 0 Å². The third kappa shape index (κ3) is 13.9. The highest BCUT2D eigenvalue weighted by Crippen LogP contribution is 2.15. The molecule has 0 heterocycles. The van der Waals surface area contributed by atoms with Gasteiger partial charge in [-0.15, -0.1) is 0 Å². The highest BCUT2D eigenvalue weighted by atomic mass is 19.4. The van der Waals surface area contributed by atoms with Crippen LogP contribution in [-0.2, 0) is 4.74 Å². The van der Waals surface area contributed by atoms with Crippen molar-refractivity contribution in [2.45, 2.75) is 52.8 Å². The van der Waals surface area contributed by atoms with Crippen molar-refractivity contribution in [1.29, 1.82) is 0 Å². The number of alkyl halides is 3. The molecule has 25 heavy (non-hydrogen) atoms. The molecule has 0 fully saturated rings. The Labute approximate surface area is 150 Å². The molecule has 1 unspecified atom stereocenters. The zero-order valence-electron chi connectivity index (χ0n) is 16.2. The fraction of sp³-hybridized carbons (Fsp3) is 0.941. The number of aliphatic imine (C=N–C) groups is 1. The maximum atomic E-state index is 12.3. The van der Waals surface area contributed by atoms with Crippen LogP contribution in [0.1, 0.15) is 40.5 Å². The summed E-state index contributed by atoms with van der Waals surface area (Å²) in [5.74, 6) is 1.14. The lowest BCUT2D eigenvalue weighted by Crippen LogP contribution is -2.39. The average Bonchev–Trinajstić information content (AvgIpc) is 2.48. The molecule has 2 N–H and O–H groups in total. The van der Waals surface area contributed by atoms with Crippen LogP contribution in [0.15, 0.2) is 4.99 Å². The van der Waals surface area contributed by atoms with Crippen LogP contribution >= 0.6 is 0 Å². The lowest BCUT2D eigenvalue weighted by Gasteiger charge is -2.21. The summed E-state index contributed by atoms with van der Waals surface area (Å²) in [4.78, 5) is 5.68. The molecule has 0 aromatic heterocycles. The molecule has 8 heteroatoms. The molecular formula is C17H35F3N4O. The predicted molar refractivity (Wildman–Crippen MR) is 97.0 cm³/mol. The van der Waals surface area contributed by atoms with E-state index in [1.54, 1.807) is 0 Å². The second-order valence-electron chi connectivity index (χ2n) is 6.42. The normalized spacial score (nSPS) is 14.2. The van der Waals surface area contributed by atoms with Gasteiger partial charge in [0, 0.05) is 26.2 Å². The van der Waals surface area contributed by atoms with Gasteiger partial charge < -0.3 is 15.4 Å². The van der Waals surface area contributed by atoms with Crippen LogP contribution in [0.2, 0.25) is 0 Å². The minimum Gasteiger partial charge on any atom is -0.378 e. The number of hydrogen-bond donors (Lipinski definition) is 2. The monoisotopic (exact) mass is 368 g/mol. The zero-order valence-corrected chi connectivity index (χ0v) is 16.2. The molecule has 0 aliphatic heterocycles. The maximum Gasteiger partial charge on any atom is 0.401 e. The van der Waals surface area contributed by atoms with E-state index in [0.717, 1.165) is 19.5 Å². The SMILES string of the molecule is CCNC(=NCCCN(C)CC(F)(F)F)NCCC(OCC)C(C)C. The van der Waals surface area contributed by atoms with E-state index in [0.29, 0.717) is 38.0 Å². The Morgan fingerprint density at radius 1 is 1.20 bits per heavy atom. The standard InChI is InChI=1S/C17H35F3N4O/c1-6-21-16(23-11-9-15(14(3)4)25-7-2)22-10-8-12-24(5)13-17(18,19)20/h14-15H,6-13H2,1-5H3,(H2,21,22,23). The van der Waals surface area contributed by atoms with Crippen LogP contribution < -0.4 is 10.6 Å². The molecule has 0 saturated heterocycles. The van der Waals surface area contributed by atoms with Gasteiger partial charge >= 0.3 is 6.18 Å². The van der Waals surface area contributed by atoms with Gasteiger partial charge in [0.2, 0.25) is 0 Å². The first-order chi connectivity index (χ1) is 11.7. The lowest BCUT2D eigenvalue weighted by atomic mass is 10.0. The quantitative estimate of drug-likeness (QED) is 0.316. The summed E-state index contributed by atoms with van der Waals surface area (Å²) < 4.78 is 42.5. The van der Waals surface area contributed by atoms with E-state index in [1.165, 1.54) is 11.9 Å². The number of halogens is 3. The molecule has 5 nitrogen and oxygen atoms in total. The minimum absolute atomic E-state index is 0.205. The van der Waals surface area contributed by atoms with Gasteiger partial charge in [0.25, 0.3) is 0 Å². The first-order valence-electron chi connectivity index (χ1n) is 9.08. The van der Waals surface area contributed by atoms with E-state index in [2.05, 4.69) is 29.5 Å². The summed E-state index contributed by atoms with van der Waals surface area (Å²) in [6.07, 6.45) is -2.49. The van der Waals surface area contributed by atoms with Gasteiger partial charge in [0.1, 0.15) is 0 Å². The third-order valence-corrected chi connectivity index (χ3v) is 3.61. The molecule has 0 aromatic carbocycles. The van der Waals surface area contributed by atoms with Crippen molar-refractivity contribution in [3.8, 4) is 0 Å². The molecule has 0 rings (SSSR count). The first-order valence-corrected chi connectivity index (χ1v) is 9.08. The summed E-state index contributed by atoms with van der Waals surface area (Å²) in [6, 6.07) is 0. The molecule has 150 valence electrons. The molecule has 0 aliphatic carbocycles. The van der Waals surface area contributed by atoms with Crippen LogP contribution in [0.3, 0.4) is 0 Å². The lowest BCUT2D eigenvalue weighted by molar-refractivity contribution is -0.143. The van der Waals surface area contributed by atoms with Crippen molar-refractivity contribution in [2.24, 2.45) is 10.9 Å². The molecule has 0 amide bonds. The van der Waals surface area contributed by atoms with Crippen LogP contribution in [-0.4, -0.2) is 69.5 Å². The molecule has 0 bridgehead atoms. The topological polar surface area (TPSA) is 48.9 Å².